The molecular formula is C37H47Cl2N5O6. The number of fused-ring (bicyclic) bond motifs is 1. The number of rotatable bonds is 7. The molecule has 3 aromatic carbocycles. The minimum Gasteiger partial charge on any atom is -0.496 e. The highest BCUT2D eigenvalue weighted by Crippen LogP contribution is 2.33. The van der Waals surface area contributed by atoms with Crippen LogP contribution in [0.5, 0.6) is 5.75 Å². The molecule has 0 saturated carbocycles. The van der Waals surface area contributed by atoms with Gasteiger partial charge in [-0.2, -0.15) is 5.10 Å². The van der Waals surface area contributed by atoms with Gasteiger partial charge in [0, 0.05) is 20.1 Å². The Hall–Kier alpha value is -4.61. The van der Waals surface area contributed by atoms with Crippen molar-refractivity contribution in [2.24, 2.45) is 0 Å². The molecule has 2 amide bonds. The molecule has 11 nitrogen and oxygen atoms in total. The first-order chi connectivity index (χ1) is 23.8. The fraction of sp³-hybridized carbons (Fsp3) is 0.378. The predicted octanol–water partition coefficient (Wildman–Crippen LogP) is 7.47. The first-order valence-electron chi connectivity index (χ1n) is 15.8. The standard InChI is InChI=1S/C28H37N5O4.C7H6Cl2.2CH2O/c1-27(2,3)37-26(35)32-15-9-14-28(32,4)25(34)30-17-19-10-7-11-20(16-19)18-33-21-12-8-13-22(36-6)23(21)24(29-5)31-33;1-5-3-2-4-6(8)7(5)9;2*1-2/h7-8,10-13,16H,9,14-15,17-18H2,1-6H3,(H,29,31)(H,30,34);2-4H,1H3;2*1H2/t28-;;;/m0.../s1. The lowest BCUT2D eigenvalue weighted by Crippen LogP contribution is -2.56. The molecule has 1 fully saturated rings. The Bertz CT molecular complexity index is 1720. The number of halogens is 2. The van der Waals surface area contributed by atoms with E-state index in [1.807, 2.05) is 108 Å². The Morgan fingerprint density at radius 1 is 1.00 bits per heavy atom. The number of likely N-dealkylation sites (tertiary alicyclic amines) is 1. The van der Waals surface area contributed by atoms with Gasteiger partial charge in [-0.3, -0.25) is 14.4 Å². The van der Waals surface area contributed by atoms with Gasteiger partial charge in [0.15, 0.2) is 5.82 Å². The van der Waals surface area contributed by atoms with Gasteiger partial charge in [-0.1, -0.05) is 65.7 Å². The van der Waals surface area contributed by atoms with Crippen LogP contribution in [0, 0.1) is 6.92 Å². The molecule has 4 aromatic rings. The molecule has 2 heterocycles. The van der Waals surface area contributed by atoms with E-state index in [-0.39, 0.29) is 5.91 Å². The van der Waals surface area contributed by atoms with Crippen molar-refractivity contribution in [3.63, 3.8) is 0 Å². The van der Waals surface area contributed by atoms with Crippen molar-refractivity contribution < 1.29 is 28.7 Å². The van der Waals surface area contributed by atoms with Crippen LogP contribution < -0.4 is 15.4 Å². The van der Waals surface area contributed by atoms with Gasteiger partial charge in [-0.25, -0.2) is 4.79 Å². The number of amides is 2. The first-order valence-corrected chi connectivity index (χ1v) is 16.6. The van der Waals surface area contributed by atoms with Crippen LogP contribution in [-0.2, 0) is 32.2 Å². The summed E-state index contributed by atoms with van der Waals surface area (Å²) in [5.41, 5.74) is 2.47. The zero-order chi connectivity index (χ0) is 37.6. The Morgan fingerprint density at radius 3 is 2.24 bits per heavy atom. The summed E-state index contributed by atoms with van der Waals surface area (Å²) >= 11 is 11.4. The minimum atomic E-state index is -0.934. The number of anilines is 1. The Balaban J connectivity index is 0.000000567. The maximum Gasteiger partial charge on any atom is 0.411 e. The Kier molecular flexibility index (Phi) is 15.8. The lowest BCUT2D eigenvalue weighted by atomic mass is 9.97. The molecule has 5 rings (SSSR count). The van der Waals surface area contributed by atoms with Crippen LogP contribution in [0.25, 0.3) is 10.9 Å². The van der Waals surface area contributed by atoms with Crippen molar-refractivity contribution in [1.82, 2.24) is 20.0 Å². The number of nitrogens with zero attached hydrogens (tertiary/aromatic N) is 3. The second-order valence-corrected chi connectivity index (χ2v) is 13.3. The molecule has 50 heavy (non-hydrogen) atoms. The minimum absolute atomic E-state index is 0.176. The van der Waals surface area contributed by atoms with E-state index in [0.717, 1.165) is 45.6 Å². The fourth-order valence-corrected chi connectivity index (χ4v) is 5.81. The van der Waals surface area contributed by atoms with Gasteiger partial charge in [0.2, 0.25) is 5.91 Å². The van der Waals surface area contributed by atoms with Crippen LogP contribution >= 0.6 is 23.2 Å². The van der Waals surface area contributed by atoms with E-state index < -0.39 is 17.2 Å². The fourth-order valence-electron chi connectivity index (χ4n) is 5.47. The summed E-state index contributed by atoms with van der Waals surface area (Å²) in [6.45, 7) is 14.7. The van der Waals surface area contributed by atoms with E-state index in [4.69, 9.17) is 47.4 Å². The predicted molar refractivity (Wildman–Crippen MR) is 199 cm³/mol. The molecule has 1 aliphatic rings. The van der Waals surface area contributed by atoms with Crippen molar-refractivity contribution in [3.8, 4) is 5.75 Å². The van der Waals surface area contributed by atoms with Gasteiger partial charge < -0.3 is 29.7 Å². The van der Waals surface area contributed by atoms with Gasteiger partial charge in [0.25, 0.3) is 0 Å². The topological polar surface area (TPSA) is 132 Å². The van der Waals surface area contributed by atoms with Crippen LogP contribution in [0.4, 0.5) is 10.6 Å². The first kappa shape index (κ1) is 41.6. The number of carbonyl (C=O) groups is 4. The van der Waals surface area contributed by atoms with Crippen LogP contribution in [0.3, 0.4) is 0 Å². The number of ether oxygens (including phenoxy) is 2. The number of nitrogens with one attached hydrogen (secondary N) is 2. The summed E-state index contributed by atoms with van der Waals surface area (Å²) in [6, 6.07) is 19.5. The lowest BCUT2D eigenvalue weighted by molar-refractivity contribution is -0.131. The van der Waals surface area contributed by atoms with Crippen molar-refractivity contribution in [2.45, 2.75) is 71.7 Å². The number of hydrogen-bond donors (Lipinski definition) is 2. The molecule has 0 spiro atoms. The van der Waals surface area contributed by atoms with Crippen LogP contribution in [0.2, 0.25) is 10.0 Å². The van der Waals surface area contributed by atoms with Crippen LogP contribution in [0.1, 0.15) is 57.2 Å². The Morgan fingerprint density at radius 2 is 1.64 bits per heavy atom. The summed E-state index contributed by atoms with van der Waals surface area (Å²) in [6.07, 6.45) is 0.908. The van der Waals surface area contributed by atoms with Crippen molar-refractivity contribution in [1.29, 1.82) is 0 Å². The molecule has 270 valence electrons. The molecule has 0 aliphatic carbocycles. The summed E-state index contributed by atoms with van der Waals surface area (Å²) in [5.74, 6) is 1.35. The molecule has 13 heteroatoms. The van der Waals surface area contributed by atoms with Gasteiger partial charge >= 0.3 is 6.09 Å². The third-order valence-corrected chi connectivity index (χ3v) is 8.78. The van der Waals surface area contributed by atoms with E-state index in [9.17, 15) is 9.59 Å². The summed E-state index contributed by atoms with van der Waals surface area (Å²) in [7, 11) is 3.50. The number of aromatic nitrogens is 2. The zero-order valence-electron chi connectivity index (χ0n) is 29.8. The average molecular weight is 729 g/mol. The molecule has 0 unspecified atom stereocenters. The number of benzene rings is 3. The van der Waals surface area contributed by atoms with E-state index >= 15 is 0 Å². The largest absolute Gasteiger partial charge is 0.496 e. The SMILES string of the molecule is C=O.C=O.CNc1nn(Cc2cccc(CNC(=O)[C@]3(C)CCCN3C(=O)OC(C)(C)C)c2)c2cccc(OC)c12.Cc1cccc(Cl)c1Cl. The van der Waals surface area contributed by atoms with Gasteiger partial charge in [-0.15, -0.1) is 0 Å². The van der Waals surface area contributed by atoms with E-state index in [1.165, 1.54) is 0 Å². The maximum absolute atomic E-state index is 13.2. The molecule has 0 bridgehead atoms. The van der Waals surface area contributed by atoms with E-state index in [2.05, 4.69) is 16.7 Å². The van der Waals surface area contributed by atoms with E-state index in [1.54, 1.807) is 18.1 Å². The molecule has 1 saturated heterocycles. The lowest BCUT2D eigenvalue weighted by Gasteiger charge is -2.35. The summed E-state index contributed by atoms with van der Waals surface area (Å²) < 4.78 is 13.0. The molecule has 1 aromatic heterocycles. The summed E-state index contributed by atoms with van der Waals surface area (Å²) in [5, 5.41) is 13.1. The van der Waals surface area contributed by atoms with Gasteiger partial charge in [0.05, 0.1) is 34.6 Å². The van der Waals surface area contributed by atoms with Crippen LogP contribution in [0.15, 0.2) is 60.7 Å². The van der Waals surface area contributed by atoms with E-state index in [0.29, 0.717) is 36.1 Å². The van der Waals surface area contributed by atoms with Gasteiger partial charge in [-0.05, 0) is 82.3 Å². The number of aryl methyl sites for hydroxylation is 1. The highest BCUT2D eigenvalue weighted by atomic mass is 35.5. The molecule has 0 radical (unpaired) electrons. The number of methoxy groups -OCH3 is 1. The second-order valence-electron chi connectivity index (χ2n) is 12.5. The normalized spacial score (nSPS) is 14.9. The number of hydrogen-bond acceptors (Lipinski definition) is 8. The average Bonchev–Trinajstić information content (AvgIpc) is 3.68. The van der Waals surface area contributed by atoms with Crippen molar-refractivity contribution >= 4 is 65.5 Å². The molecule has 1 aliphatic heterocycles. The number of carbonyl (C=O) groups excluding carboxylic acids is 4. The van der Waals surface area contributed by atoms with Crippen molar-refractivity contribution in [2.75, 3.05) is 26.0 Å². The monoisotopic (exact) mass is 727 g/mol. The molecule has 1 atom stereocenters. The zero-order valence-corrected chi connectivity index (χ0v) is 31.3. The third-order valence-electron chi connectivity index (χ3n) is 7.86. The Labute approximate surface area is 304 Å². The van der Waals surface area contributed by atoms with Crippen molar-refractivity contribution in [3.05, 3.63) is 87.4 Å². The highest BCUT2D eigenvalue weighted by Gasteiger charge is 2.47. The quantitative estimate of drug-likeness (QED) is 0.200. The summed E-state index contributed by atoms with van der Waals surface area (Å²) in [4.78, 5) is 43.5. The van der Waals surface area contributed by atoms with Gasteiger partial charge in [0.1, 0.15) is 30.5 Å². The molecule has 2 N–H and O–H groups in total. The smallest absolute Gasteiger partial charge is 0.411 e. The maximum atomic E-state index is 13.2. The molecular weight excluding hydrogens is 681 g/mol. The third kappa shape index (κ3) is 10.4. The van der Waals surface area contributed by atoms with Crippen LogP contribution in [-0.4, -0.2) is 72.1 Å². The second kappa shape index (κ2) is 19.0. The highest BCUT2D eigenvalue weighted by molar-refractivity contribution is 6.42.